The van der Waals surface area contributed by atoms with Crippen molar-refractivity contribution < 1.29 is 13.2 Å². The van der Waals surface area contributed by atoms with Gasteiger partial charge in [-0.1, -0.05) is 26.0 Å². The van der Waals surface area contributed by atoms with Crippen molar-refractivity contribution in [3.8, 4) is 5.82 Å². The summed E-state index contributed by atoms with van der Waals surface area (Å²) in [4.78, 5) is 21.7. The van der Waals surface area contributed by atoms with Crippen LogP contribution in [0.4, 0.5) is 0 Å². The third kappa shape index (κ3) is 4.67. The van der Waals surface area contributed by atoms with Crippen molar-refractivity contribution in [2.75, 3.05) is 13.1 Å². The maximum atomic E-state index is 12.9. The van der Waals surface area contributed by atoms with Crippen molar-refractivity contribution in [3.05, 3.63) is 71.4 Å². The van der Waals surface area contributed by atoms with Gasteiger partial charge in [0.25, 0.3) is 5.91 Å². The molecule has 1 aromatic carbocycles. The van der Waals surface area contributed by atoms with Crippen molar-refractivity contribution in [1.29, 1.82) is 0 Å². The smallest absolute Gasteiger partial charge is 0.251 e. The number of benzene rings is 1. The Hall–Kier alpha value is -3.04. The minimum absolute atomic E-state index is 0.114. The van der Waals surface area contributed by atoms with E-state index in [9.17, 15) is 13.2 Å². The Labute approximate surface area is 183 Å². The summed E-state index contributed by atoms with van der Waals surface area (Å²) < 4.78 is 28.9. The summed E-state index contributed by atoms with van der Waals surface area (Å²) >= 11 is 0. The molecule has 3 aromatic rings. The number of nitrogens with zero attached hydrogens (tertiary/aromatic N) is 4. The van der Waals surface area contributed by atoms with E-state index in [0.717, 1.165) is 11.4 Å². The van der Waals surface area contributed by atoms with Crippen molar-refractivity contribution in [3.63, 3.8) is 0 Å². The van der Waals surface area contributed by atoms with Gasteiger partial charge in [0.05, 0.1) is 4.90 Å². The van der Waals surface area contributed by atoms with E-state index in [1.807, 2.05) is 23.8 Å². The van der Waals surface area contributed by atoms with Crippen LogP contribution in [-0.2, 0) is 16.6 Å². The summed E-state index contributed by atoms with van der Waals surface area (Å²) in [5.74, 6) is 1.13. The summed E-state index contributed by atoms with van der Waals surface area (Å²) in [6, 6.07) is 8.34. The van der Waals surface area contributed by atoms with Crippen LogP contribution < -0.4 is 5.32 Å². The molecule has 0 fully saturated rings. The number of aromatic nitrogens is 3. The molecule has 9 heteroatoms. The Kier molecular flexibility index (Phi) is 6.87. The Bertz CT molecular complexity index is 1180. The lowest BCUT2D eigenvalue weighted by Crippen LogP contribution is -2.31. The molecule has 164 valence electrons. The number of amides is 1. The molecule has 0 saturated heterocycles. The second-order valence-corrected chi connectivity index (χ2v) is 9.02. The highest BCUT2D eigenvalue weighted by Gasteiger charge is 2.23. The molecule has 0 aliphatic rings. The fraction of sp³-hybridized carbons (Fsp3) is 0.318. The van der Waals surface area contributed by atoms with Crippen LogP contribution in [0.3, 0.4) is 0 Å². The number of aryl methyl sites for hydroxylation is 2. The Morgan fingerprint density at radius 3 is 2.48 bits per heavy atom. The highest BCUT2D eigenvalue weighted by Crippen LogP contribution is 2.20. The first-order chi connectivity index (χ1) is 14.8. The van der Waals surface area contributed by atoms with Crippen LogP contribution in [0.1, 0.15) is 41.2 Å². The fourth-order valence-corrected chi connectivity index (χ4v) is 4.86. The molecular formula is C22H27N5O3S. The fourth-order valence-electron chi connectivity index (χ4n) is 3.38. The van der Waals surface area contributed by atoms with E-state index >= 15 is 0 Å². The van der Waals surface area contributed by atoms with Gasteiger partial charge in [-0.15, -0.1) is 0 Å². The van der Waals surface area contributed by atoms with E-state index in [4.69, 9.17) is 0 Å². The molecule has 0 bridgehead atoms. The van der Waals surface area contributed by atoms with Crippen LogP contribution >= 0.6 is 0 Å². The van der Waals surface area contributed by atoms with Crippen LogP contribution in [0.25, 0.3) is 5.82 Å². The maximum Gasteiger partial charge on any atom is 0.251 e. The number of hydrogen-bond donors (Lipinski definition) is 1. The van der Waals surface area contributed by atoms with Gasteiger partial charge in [-0.05, 0) is 37.6 Å². The van der Waals surface area contributed by atoms with Gasteiger partial charge in [-0.3, -0.25) is 9.36 Å². The molecular weight excluding hydrogens is 414 g/mol. The summed E-state index contributed by atoms with van der Waals surface area (Å²) in [7, 11) is -3.65. The molecule has 8 nitrogen and oxygen atoms in total. The first-order valence-electron chi connectivity index (χ1n) is 10.1. The van der Waals surface area contributed by atoms with Gasteiger partial charge in [-0.2, -0.15) is 4.31 Å². The lowest BCUT2D eigenvalue weighted by atomic mass is 10.1. The molecule has 0 aliphatic heterocycles. The second-order valence-electron chi connectivity index (χ2n) is 7.08. The van der Waals surface area contributed by atoms with Crippen LogP contribution in [0, 0.1) is 13.8 Å². The SMILES string of the molecule is CCN(CC)S(=O)(=O)c1ccc(C)c(C(=O)NCc2cccnc2-n2ccnc2C)c1. The number of carbonyl (C=O) groups excluding carboxylic acids is 1. The van der Waals surface area contributed by atoms with Crippen LogP contribution in [0.2, 0.25) is 0 Å². The van der Waals surface area contributed by atoms with Crippen LogP contribution in [0.5, 0.6) is 0 Å². The maximum absolute atomic E-state index is 12.9. The number of carbonyl (C=O) groups is 1. The third-order valence-electron chi connectivity index (χ3n) is 5.16. The monoisotopic (exact) mass is 441 g/mol. The lowest BCUT2D eigenvalue weighted by molar-refractivity contribution is 0.0950. The van der Waals surface area contributed by atoms with Gasteiger partial charge < -0.3 is 5.32 Å². The topological polar surface area (TPSA) is 97.2 Å². The molecule has 1 amide bonds. The normalized spacial score (nSPS) is 11.6. The lowest BCUT2D eigenvalue weighted by Gasteiger charge is -2.19. The Morgan fingerprint density at radius 1 is 1.10 bits per heavy atom. The quantitative estimate of drug-likeness (QED) is 0.580. The van der Waals surface area contributed by atoms with E-state index in [2.05, 4.69) is 15.3 Å². The molecule has 0 atom stereocenters. The molecule has 0 unspecified atom stereocenters. The number of nitrogens with one attached hydrogen (secondary N) is 1. The van der Waals surface area contributed by atoms with E-state index < -0.39 is 10.0 Å². The highest BCUT2D eigenvalue weighted by molar-refractivity contribution is 7.89. The third-order valence-corrected chi connectivity index (χ3v) is 7.20. The minimum atomic E-state index is -3.65. The summed E-state index contributed by atoms with van der Waals surface area (Å²) in [5, 5.41) is 2.89. The zero-order chi connectivity index (χ0) is 22.6. The average molecular weight is 442 g/mol. The number of pyridine rings is 1. The zero-order valence-corrected chi connectivity index (χ0v) is 19.0. The predicted molar refractivity (Wildman–Crippen MR) is 119 cm³/mol. The van der Waals surface area contributed by atoms with E-state index in [1.165, 1.54) is 10.4 Å². The van der Waals surface area contributed by atoms with Crippen LogP contribution in [-0.4, -0.2) is 46.3 Å². The summed E-state index contributed by atoms with van der Waals surface area (Å²) in [6.07, 6.45) is 5.19. The van der Waals surface area contributed by atoms with E-state index in [1.54, 1.807) is 51.4 Å². The number of rotatable bonds is 8. The van der Waals surface area contributed by atoms with Crippen LogP contribution in [0.15, 0.2) is 53.8 Å². The van der Waals surface area contributed by atoms with Crippen molar-refractivity contribution in [2.24, 2.45) is 0 Å². The number of imidazole rings is 1. The average Bonchev–Trinajstić information content (AvgIpc) is 3.18. The van der Waals surface area contributed by atoms with Gasteiger partial charge in [0.15, 0.2) is 0 Å². The molecule has 2 aromatic heterocycles. The minimum Gasteiger partial charge on any atom is -0.348 e. The van der Waals surface area contributed by atoms with Gasteiger partial charge in [0.2, 0.25) is 10.0 Å². The molecule has 0 aliphatic carbocycles. The highest BCUT2D eigenvalue weighted by atomic mass is 32.2. The van der Waals surface area contributed by atoms with E-state index in [0.29, 0.717) is 30.0 Å². The summed E-state index contributed by atoms with van der Waals surface area (Å²) in [6.45, 7) is 8.21. The van der Waals surface area contributed by atoms with Gasteiger partial charge >= 0.3 is 0 Å². The first kappa shape index (κ1) is 22.6. The van der Waals surface area contributed by atoms with Gasteiger partial charge in [0, 0.05) is 49.4 Å². The molecule has 0 spiro atoms. The Balaban J connectivity index is 1.85. The molecule has 1 N–H and O–H groups in total. The van der Waals surface area contributed by atoms with Crippen molar-refractivity contribution in [2.45, 2.75) is 39.1 Å². The summed E-state index contributed by atoms with van der Waals surface area (Å²) in [5.41, 5.74) is 1.85. The van der Waals surface area contributed by atoms with Gasteiger partial charge in [-0.25, -0.2) is 18.4 Å². The first-order valence-corrected chi connectivity index (χ1v) is 11.6. The molecule has 0 radical (unpaired) electrons. The van der Waals surface area contributed by atoms with Gasteiger partial charge in [0.1, 0.15) is 11.6 Å². The second kappa shape index (κ2) is 9.40. The molecule has 2 heterocycles. The molecule has 31 heavy (non-hydrogen) atoms. The number of sulfonamides is 1. The predicted octanol–water partition coefficient (Wildman–Crippen LogP) is 2.84. The zero-order valence-electron chi connectivity index (χ0n) is 18.2. The molecule has 3 rings (SSSR count). The van der Waals surface area contributed by atoms with Crippen molar-refractivity contribution >= 4 is 15.9 Å². The number of hydrogen-bond acceptors (Lipinski definition) is 5. The van der Waals surface area contributed by atoms with Crippen molar-refractivity contribution in [1.82, 2.24) is 24.2 Å². The van der Waals surface area contributed by atoms with E-state index in [-0.39, 0.29) is 17.3 Å². The Morgan fingerprint density at radius 2 is 1.84 bits per heavy atom. The largest absolute Gasteiger partial charge is 0.348 e. The molecule has 0 saturated carbocycles. The standard InChI is InChI=1S/C22H27N5O3S/c1-5-26(6-2)31(29,30)19-10-9-16(3)20(14-19)22(28)25-15-18-8-7-11-24-21(18)27-13-12-23-17(27)4/h7-14H,5-6,15H2,1-4H3,(H,25,28).